The lowest BCUT2D eigenvalue weighted by molar-refractivity contribution is 0.0733. The van der Waals surface area contributed by atoms with Gasteiger partial charge < -0.3 is 9.42 Å². The molecule has 1 aromatic heterocycles. The highest BCUT2D eigenvalue weighted by Crippen LogP contribution is 2.34. The van der Waals surface area contributed by atoms with Gasteiger partial charge in [-0.3, -0.25) is 4.79 Å². The number of rotatable bonds is 2. The van der Waals surface area contributed by atoms with Gasteiger partial charge in [0.2, 0.25) is 0 Å². The summed E-state index contributed by atoms with van der Waals surface area (Å²) in [5.74, 6) is 0.640. The van der Waals surface area contributed by atoms with E-state index in [4.69, 9.17) is 4.52 Å². The summed E-state index contributed by atoms with van der Waals surface area (Å²) in [7, 11) is 0. The van der Waals surface area contributed by atoms with Gasteiger partial charge in [-0.1, -0.05) is 35.0 Å². The minimum absolute atomic E-state index is 0.0364. The molecule has 1 aliphatic rings. The Labute approximate surface area is 124 Å². The quantitative estimate of drug-likeness (QED) is 0.846. The van der Waals surface area contributed by atoms with E-state index < -0.39 is 0 Å². The Morgan fingerprint density at radius 3 is 2.57 bits per heavy atom. The van der Waals surface area contributed by atoms with Crippen molar-refractivity contribution in [1.29, 1.82) is 0 Å². The molecule has 2 aromatic rings. The molecule has 4 heteroatoms. The molecule has 1 saturated heterocycles. The van der Waals surface area contributed by atoms with Crippen molar-refractivity contribution in [3.8, 4) is 0 Å². The van der Waals surface area contributed by atoms with E-state index in [1.165, 1.54) is 11.1 Å². The Balaban J connectivity index is 1.90. The second kappa shape index (κ2) is 5.35. The highest BCUT2D eigenvalue weighted by atomic mass is 16.5. The van der Waals surface area contributed by atoms with E-state index in [-0.39, 0.29) is 11.9 Å². The van der Waals surface area contributed by atoms with Gasteiger partial charge in [-0.2, -0.15) is 0 Å². The highest BCUT2D eigenvalue weighted by Gasteiger charge is 2.33. The molecule has 0 saturated carbocycles. The molecule has 21 heavy (non-hydrogen) atoms. The van der Waals surface area contributed by atoms with Crippen LogP contribution in [0.15, 0.2) is 28.8 Å². The van der Waals surface area contributed by atoms with Crippen molar-refractivity contribution in [2.24, 2.45) is 0 Å². The zero-order valence-electron chi connectivity index (χ0n) is 12.7. The molecule has 1 fully saturated rings. The SMILES string of the molecule is Cc1ccc([C@H]2CCCN2C(=O)c2c(C)noc2C)cc1. The van der Waals surface area contributed by atoms with Gasteiger partial charge in [0.15, 0.2) is 0 Å². The smallest absolute Gasteiger partial charge is 0.259 e. The molecule has 2 heterocycles. The average molecular weight is 284 g/mol. The van der Waals surface area contributed by atoms with Gasteiger partial charge in [0.25, 0.3) is 5.91 Å². The number of aryl methyl sites for hydroxylation is 3. The summed E-state index contributed by atoms with van der Waals surface area (Å²) in [6.45, 7) is 6.48. The first-order valence-corrected chi connectivity index (χ1v) is 7.38. The van der Waals surface area contributed by atoms with E-state index in [0.29, 0.717) is 17.0 Å². The summed E-state index contributed by atoms with van der Waals surface area (Å²) in [4.78, 5) is 14.8. The summed E-state index contributed by atoms with van der Waals surface area (Å²) < 4.78 is 5.14. The first-order valence-electron chi connectivity index (χ1n) is 7.38. The summed E-state index contributed by atoms with van der Waals surface area (Å²) in [5.41, 5.74) is 3.74. The predicted octanol–water partition coefficient (Wildman–Crippen LogP) is 3.58. The average Bonchev–Trinajstić information content (AvgIpc) is 3.07. The van der Waals surface area contributed by atoms with Crippen molar-refractivity contribution in [3.63, 3.8) is 0 Å². The Morgan fingerprint density at radius 2 is 1.95 bits per heavy atom. The summed E-state index contributed by atoms with van der Waals surface area (Å²) in [5, 5.41) is 3.90. The standard InChI is InChI=1S/C17H20N2O2/c1-11-6-8-14(9-7-11)15-5-4-10-19(15)17(20)16-12(2)18-21-13(16)3/h6-9,15H,4-5,10H2,1-3H3/t15-/m1/s1. The zero-order chi connectivity index (χ0) is 15.0. The van der Waals surface area contributed by atoms with Crippen molar-refractivity contribution in [1.82, 2.24) is 10.1 Å². The fraction of sp³-hybridized carbons (Fsp3) is 0.412. The lowest BCUT2D eigenvalue weighted by atomic mass is 10.0. The van der Waals surface area contributed by atoms with Crippen LogP contribution >= 0.6 is 0 Å². The summed E-state index contributed by atoms with van der Waals surface area (Å²) >= 11 is 0. The molecule has 4 nitrogen and oxygen atoms in total. The fourth-order valence-electron chi connectivity index (χ4n) is 3.08. The van der Waals surface area contributed by atoms with Gasteiger partial charge >= 0.3 is 0 Å². The van der Waals surface area contributed by atoms with Gasteiger partial charge in [0.05, 0.1) is 11.7 Å². The van der Waals surface area contributed by atoms with E-state index in [9.17, 15) is 4.79 Å². The normalized spacial score (nSPS) is 18.2. The lowest BCUT2D eigenvalue weighted by Crippen LogP contribution is -2.31. The number of carbonyl (C=O) groups excluding carboxylic acids is 1. The molecule has 0 unspecified atom stereocenters. The van der Waals surface area contributed by atoms with Crippen molar-refractivity contribution >= 4 is 5.91 Å². The molecule has 3 rings (SSSR count). The monoisotopic (exact) mass is 284 g/mol. The van der Waals surface area contributed by atoms with Gasteiger partial charge in [-0.15, -0.1) is 0 Å². The maximum atomic E-state index is 12.8. The molecule has 1 aromatic carbocycles. The molecule has 0 aliphatic carbocycles. The number of aromatic nitrogens is 1. The van der Waals surface area contributed by atoms with Gasteiger partial charge in [0, 0.05) is 6.54 Å². The molecule has 1 amide bonds. The minimum atomic E-state index is 0.0364. The topological polar surface area (TPSA) is 46.3 Å². The third-order valence-electron chi connectivity index (χ3n) is 4.22. The molecule has 0 N–H and O–H groups in total. The molecule has 1 atom stereocenters. The number of nitrogens with zero attached hydrogens (tertiary/aromatic N) is 2. The second-order valence-corrected chi connectivity index (χ2v) is 5.77. The maximum absolute atomic E-state index is 12.8. The van der Waals surface area contributed by atoms with Crippen LogP contribution in [0.4, 0.5) is 0 Å². The largest absolute Gasteiger partial charge is 0.361 e. The van der Waals surface area contributed by atoms with Crippen LogP contribution in [-0.4, -0.2) is 22.5 Å². The Bertz CT molecular complexity index is 638. The van der Waals surface area contributed by atoms with Crippen LogP contribution in [0.3, 0.4) is 0 Å². The lowest BCUT2D eigenvalue weighted by Gasteiger charge is -2.25. The minimum Gasteiger partial charge on any atom is -0.361 e. The molecule has 0 radical (unpaired) electrons. The molecule has 0 bridgehead atoms. The van der Waals surface area contributed by atoms with Crippen LogP contribution in [0.2, 0.25) is 0 Å². The number of carbonyl (C=O) groups is 1. The van der Waals surface area contributed by atoms with Crippen LogP contribution in [0, 0.1) is 20.8 Å². The van der Waals surface area contributed by atoms with Crippen molar-refractivity contribution in [3.05, 3.63) is 52.4 Å². The Hall–Kier alpha value is -2.10. The van der Waals surface area contributed by atoms with E-state index in [0.717, 1.165) is 19.4 Å². The number of hydrogen-bond donors (Lipinski definition) is 0. The first-order chi connectivity index (χ1) is 10.1. The van der Waals surface area contributed by atoms with E-state index >= 15 is 0 Å². The molecular weight excluding hydrogens is 264 g/mol. The van der Waals surface area contributed by atoms with E-state index in [2.05, 4.69) is 36.3 Å². The number of likely N-dealkylation sites (tertiary alicyclic amines) is 1. The summed E-state index contributed by atoms with van der Waals surface area (Å²) in [6, 6.07) is 8.61. The van der Waals surface area contributed by atoms with Crippen LogP contribution in [-0.2, 0) is 0 Å². The van der Waals surface area contributed by atoms with Crippen LogP contribution < -0.4 is 0 Å². The summed E-state index contributed by atoms with van der Waals surface area (Å²) in [6.07, 6.45) is 2.05. The predicted molar refractivity (Wildman–Crippen MR) is 80.2 cm³/mol. The number of amides is 1. The third kappa shape index (κ3) is 2.46. The molecule has 0 spiro atoms. The molecule has 110 valence electrons. The van der Waals surface area contributed by atoms with Crippen molar-refractivity contribution in [2.75, 3.05) is 6.54 Å². The number of benzene rings is 1. The van der Waals surface area contributed by atoms with Gasteiger partial charge in [0.1, 0.15) is 11.3 Å². The molecular formula is C17H20N2O2. The second-order valence-electron chi connectivity index (χ2n) is 5.77. The van der Waals surface area contributed by atoms with Gasteiger partial charge in [-0.25, -0.2) is 0 Å². The van der Waals surface area contributed by atoms with Gasteiger partial charge in [-0.05, 0) is 39.2 Å². The highest BCUT2D eigenvalue weighted by molar-refractivity contribution is 5.96. The van der Waals surface area contributed by atoms with Crippen molar-refractivity contribution < 1.29 is 9.32 Å². The zero-order valence-corrected chi connectivity index (χ0v) is 12.7. The third-order valence-corrected chi connectivity index (χ3v) is 4.22. The van der Waals surface area contributed by atoms with E-state index in [1.54, 1.807) is 6.92 Å². The molecule has 1 aliphatic heterocycles. The number of hydrogen-bond acceptors (Lipinski definition) is 3. The van der Waals surface area contributed by atoms with Crippen LogP contribution in [0.5, 0.6) is 0 Å². The Kier molecular flexibility index (Phi) is 3.53. The first kappa shape index (κ1) is 13.9. The maximum Gasteiger partial charge on any atom is 0.259 e. The Morgan fingerprint density at radius 1 is 1.24 bits per heavy atom. The van der Waals surface area contributed by atoms with E-state index in [1.807, 2.05) is 11.8 Å². The fourth-order valence-corrected chi connectivity index (χ4v) is 3.08. The van der Waals surface area contributed by atoms with Crippen molar-refractivity contribution in [2.45, 2.75) is 39.7 Å². The van der Waals surface area contributed by atoms with Crippen LogP contribution in [0.1, 0.15) is 51.8 Å². The van der Waals surface area contributed by atoms with Crippen LogP contribution in [0.25, 0.3) is 0 Å².